The van der Waals surface area contributed by atoms with Gasteiger partial charge in [-0.15, -0.1) is 0 Å². The fourth-order valence-electron chi connectivity index (χ4n) is 11.5. The van der Waals surface area contributed by atoms with Gasteiger partial charge < -0.3 is 63.7 Å². The van der Waals surface area contributed by atoms with Crippen molar-refractivity contribution in [2.45, 2.75) is 128 Å². The fraction of sp³-hybridized carbons (Fsp3) is 0.525. The molecule has 3 aliphatic heterocycles. The molecule has 3 saturated heterocycles. The number of rotatable bonds is 22. The summed E-state index contributed by atoms with van der Waals surface area (Å²) in [5.41, 5.74) is 8.01. The number of imidazole rings is 2. The van der Waals surface area contributed by atoms with Crippen LogP contribution in [0.25, 0.3) is 22.5 Å². The summed E-state index contributed by atoms with van der Waals surface area (Å²) < 4.78 is 34.8. The zero-order valence-electron chi connectivity index (χ0n) is 48.2. The molecule has 430 valence electrons. The second-order valence-corrected chi connectivity index (χ2v) is 22.6. The van der Waals surface area contributed by atoms with Gasteiger partial charge in [-0.05, 0) is 82.9 Å². The second-order valence-electron chi connectivity index (χ2n) is 22.6. The number of aromatic amines is 2. The zero-order valence-corrected chi connectivity index (χ0v) is 48.2. The van der Waals surface area contributed by atoms with E-state index in [4.69, 9.17) is 38.4 Å². The Morgan fingerprint density at radius 2 is 1.09 bits per heavy atom. The van der Waals surface area contributed by atoms with E-state index in [1.807, 2.05) is 49.9 Å². The van der Waals surface area contributed by atoms with Crippen molar-refractivity contribution in [2.75, 3.05) is 72.9 Å². The highest BCUT2D eigenvalue weighted by Gasteiger charge is 2.52. The zero-order chi connectivity index (χ0) is 57.3. The van der Waals surface area contributed by atoms with Crippen LogP contribution >= 0.6 is 0 Å². The Balaban J connectivity index is 1.13. The van der Waals surface area contributed by atoms with E-state index in [0.717, 1.165) is 70.8 Å². The molecule has 19 heteroatoms. The number of nitrogens with zero attached hydrogens (tertiary/aromatic N) is 5. The van der Waals surface area contributed by atoms with E-state index in [1.54, 1.807) is 14.2 Å². The maximum atomic E-state index is 13.9. The summed E-state index contributed by atoms with van der Waals surface area (Å²) in [4.78, 5) is 74.2. The number of anilines is 1. The average molecular weight is 1100 g/mol. The maximum Gasteiger partial charge on any atom is 0.407 e. The van der Waals surface area contributed by atoms with Crippen molar-refractivity contribution in [1.82, 2.24) is 40.4 Å². The number of carbonyl (C=O) groups is 3. The van der Waals surface area contributed by atoms with Crippen LogP contribution in [0.5, 0.6) is 0 Å². The highest BCUT2D eigenvalue weighted by Crippen LogP contribution is 2.51. The van der Waals surface area contributed by atoms with E-state index in [1.165, 1.54) is 19.8 Å². The smallest absolute Gasteiger partial charge is 0.407 e. The molecule has 3 fully saturated rings. The molecular formula is C61H81N9O10. The number of ether oxygens (including phenoxy) is 6. The van der Waals surface area contributed by atoms with Gasteiger partial charge in [0.25, 0.3) is 0 Å². The first-order chi connectivity index (χ1) is 38.5. The van der Waals surface area contributed by atoms with Crippen molar-refractivity contribution >= 4 is 29.7 Å². The Kier molecular flexibility index (Phi) is 19.6. The van der Waals surface area contributed by atoms with Gasteiger partial charge in [-0.1, -0.05) is 109 Å². The first-order valence-corrected chi connectivity index (χ1v) is 27.9. The van der Waals surface area contributed by atoms with Crippen LogP contribution in [0.3, 0.4) is 0 Å². The largest absolute Gasteiger partial charge is 0.453 e. The highest BCUT2D eigenvalue weighted by atomic mass is 16.6. The Morgan fingerprint density at radius 3 is 1.51 bits per heavy atom. The summed E-state index contributed by atoms with van der Waals surface area (Å²) in [6.45, 7) is 17.0. The molecule has 3 aromatic carbocycles. The van der Waals surface area contributed by atoms with Crippen molar-refractivity contribution in [2.24, 2.45) is 11.8 Å². The molecule has 3 aliphatic rings. The van der Waals surface area contributed by atoms with Gasteiger partial charge >= 0.3 is 12.2 Å². The molecule has 8 rings (SSSR count). The molecule has 0 aliphatic carbocycles. The second kappa shape index (κ2) is 26.5. The van der Waals surface area contributed by atoms with Crippen LogP contribution in [0.1, 0.15) is 127 Å². The lowest BCUT2D eigenvalue weighted by Crippen LogP contribution is -2.51. The van der Waals surface area contributed by atoms with E-state index < -0.39 is 36.5 Å². The third-order valence-corrected chi connectivity index (χ3v) is 15.7. The number of methoxy groups -OCH3 is 4. The maximum absolute atomic E-state index is 13.9. The summed E-state index contributed by atoms with van der Waals surface area (Å²) in [6.07, 6.45) is 4.60. The molecule has 5 heterocycles. The Morgan fingerprint density at radius 1 is 0.637 bits per heavy atom. The minimum Gasteiger partial charge on any atom is -0.453 e. The molecule has 0 spiro atoms. The van der Waals surface area contributed by atoms with Crippen LogP contribution in [-0.4, -0.2) is 146 Å². The Hall–Kier alpha value is -7.02. The van der Waals surface area contributed by atoms with Gasteiger partial charge in [-0.25, -0.2) is 24.4 Å². The monoisotopic (exact) mass is 1100 g/mol. The van der Waals surface area contributed by atoms with Gasteiger partial charge in [0.2, 0.25) is 5.91 Å². The van der Waals surface area contributed by atoms with Crippen molar-refractivity contribution in [1.29, 1.82) is 0 Å². The minimum absolute atomic E-state index is 0.0732. The van der Waals surface area contributed by atoms with Crippen LogP contribution in [0.15, 0.2) is 90.9 Å². The van der Waals surface area contributed by atoms with Crippen molar-refractivity contribution < 1.29 is 47.6 Å². The van der Waals surface area contributed by atoms with Gasteiger partial charge in [0, 0.05) is 33.0 Å². The van der Waals surface area contributed by atoms with Gasteiger partial charge in [0.1, 0.15) is 41.5 Å². The van der Waals surface area contributed by atoms with Crippen LogP contribution in [0, 0.1) is 11.8 Å². The first kappa shape index (κ1) is 59.1. The summed E-state index contributed by atoms with van der Waals surface area (Å²) in [6, 6.07) is 23.3. The van der Waals surface area contributed by atoms with Crippen LogP contribution in [0.4, 0.5) is 15.3 Å². The molecule has 0 saturated carbocycles. The number of alkyl carbamates (subject to hydrolysis) is 2. The number of benzene rings is 3. The number of H-pyrrole nitrogens is 2. The number of likely N-dealkylation sites (tertiary alicyclic amines) is 2. The van der Waals surface area contributed by atoms with E-state index >= 15 is 0 Å². The molecule has 8 atom stereocenters. The third-order valence-electron chi connectivity index (χ3n) is 15.7. The summed E-state index contributed by atoms with van der Waals surface area (Å²) in [5.74, 6) is 3.16. The van der Waals surface area contributed by atoms with Crippen LogP contribution < -0.4 is 15.5 Å². The summed E-state index contributed by atoms with van der Waals surface area (Å²) in [7, 11) is 5.93. The Bertz CT molecular complexity index is 2890. The molecule has 5 unspecified atom stereocenters. The van der Waals surface area contributed by atoms with Crippen molar-refractivity contribution in [3.8, 4) is 22.5 Å². The lowest BCUT2D eigenvalue weighted by molar-refractivity contribution is -0.135. The number of hydrogen-bond acceptors (Lipinski definition) is 14. The van der Waals surface area contributed by atoms with E-state index in [-0.39, 0.29) is 47.3 Å². The first-order valence-electron chi connectivity index (χ1n) is 27.9. The predicted octanol–water partition coefficient (Wildman–Crippen LogP) is 9.41. The topological polar surface area (TPSA) is 215 Å². The summed E-state index contributed by atoms with van der Waals surface area (Å²) in [5, 5.41) is 5.57. The summed E-state index contributed by atoms with van der Waals surface area (Å²) >= 11 is 0. The SMILES string of the molecule is COCCOC1C(c2ccc(-c3cnc(C4CCCN4C(=C=O)C(NC(=O)OC)C(C)C)[nH]3)cc2)N(c2ccc(C(C)(C)C)cc2)[C@@H](c2ccc(-c3cnc([C@@H]4CCCN4C(=O)C(NC(=O)OC)C(C)C)[nH]3)cc2)[C@H]1OCCOC. The number of aromatic nitrogens is 4. The van der Waals surface area contributed by atoms with Gasteiger partial charge in [-0.2, -0.15) is 0 Å². The van der Waals surface area contributed by atoms with Gasteiger partial charge in [-0.3, -0.25) is 4.79 Å². The molecule has 0 radical (unpaired) electrons. The number of carbonyl (C=O) groups excluding carboxylic acids is 4. The standard InChI is InChI=1S/C61H81N9O10/c1-37(2)50(66-59(73)77-10)49(36-71)68-28-12-14-47(68)56-62-34-45(64-56)39-16-20-41(21-17-39)52-54(79-32-30-75-8)55(80-33-31-76-9)53(70(52)44-26-24-43(25-27-44)61(5,6)7)42-22-18-40(19-23-42)46-35-63-57(65-46)48-15-13-29-69(48)58(72)51(38(3)4)67-60(74)78-11/h16-27,34-35,37-38,47-48,50-55H,12-15,28-33H2,1-11H3,(H,62,64)(H,63,65)(H,66,73)(H,67,74)/t47?,48-,50?,51?,52?,53-,54?,55+/m0/s1. The lowest BCUT2D eigenvalue weighted by atomic mass is 9.87. The van der Waals surface area contributed by atoms with Crippen molar-refractivity contribution in [3.05, 3.63) is 119 Å². The van der Waals surface area contributed by atoms with Gasteiger partial charge in [0.05, 0.1) is 94.6 Å². The average Bonchev–Trinajstić information content (AvgIpc) is 4.47. The van der Waals surface area contributed by atoms with Crippen LogP contribution in [0.2, 0.25) is 0 Å². The van der Waals surface area contributed by atoms with Crippen molar-refractivity contribution in [3.63, 3.8) is 0 Å². The molecule has 4 N–H and O–H groups in total. The molecule has 0 bridgehead atoms. The third kappa shape index (κ3) is 13.1. The number of nitrogens with one attached hydrogen (secondary N) is 4. The molecule has 80 heavy (non-hydrogen) atoms. The number of hydrogen-bond donors (Lipinski definition) is 4. The molecule has 5 aromatic rings. The molecule has 19 nitrogen and oxygen atoms in total. The molecule has 3 amide bonds. The Labute approximate surface area is 470 Å². The lowest BCUT2D eigenvalue weighted by Gasteiger charge is -2.34. The number of amides is 3. The minimum atomic E-state index is -0.736. The molecule has 2 aromatic heterocycles. The van der Waals surface area contributed by atoms with Crippen LogP contribution in [-0.2, 0) is 43.4 Å². The predicted molar refractivity (Wildman–Crippen MR) is 304 cm³/mol. The molecular weight excluding hydrogens is 1020 g/mol. The van der Waals surface area contributed by atoms with E-state index in [0.29, 0.717) is 51.0 Å². The fourth-order valence-corrected chi connectivity index (χ4v) is 11.5. The van der Waals surface area contributed by atoms with E-state index in [9.17, 15) is 19.2 Å². The normalized spacial score (nSPS) is 21.0. The van der Waals surface area contributed by atoms with E-state index in [2.05, 4.69) is 125 Å². The van der Waals surface area contributed by atoms with Gasteiger partial charge in [0.15, 0.2) is 0 Å². The highest BCUT2D eigenvalue weighted by molar-refractivity contribution is 5.86. The quantitative estimate of drug-likeness (QED) is 0.0375.